The Balaban J connectivity index is 2.24. The van der Waals surface area contributed by atoms with Crippen molar-refractivity contribution in [2.24, 2.45) is 0 Å². The first kappa shape index (κ1) is 13.2. The Morgan fingerprint density at radius 3 is 2.83 bits per heavy atom. The Labute approximate surface area is 109 Å². The molecule has 0 amide bonds. The van der Waals surface area contributed by atoms with Gasteiger partial charge >= 0.3 is 0 Å². The summed E-state index contributed by atoms with van der Waals surface area (Å²) in [5.74, 6) is 0.924. The van der Waals surface area contributed by atoms with Crippen molar-refractivity contribution >= 4 is 5.69 Å². The van der Waals surface area contributed by atoms with Crippen molar-refractivity contribution in [2.45, 2.75) is 45.3 Å². The first-order valence-corrected chi connectivity index (χ1v) is 6.85. The summed E-state index contributed by atoms with van der Waals surface area (Å²) in [5.41, 5.74) is 1.12. The van der Waals surface area contributed by atoms with Gasteiger partial charge in [-0.2, -0.15) is 0 Å². The molecule has 0 radical (unpaired) electrons. The predicted octanol–water partition coefficient (Wildman–Crippen LogP) is 2.83. The van der Waals surface area contributed by atoms with E-state index in [2.05, 4.69) is 11.0 Å². The van der Waals surface area contributed by atoms with E-state index in [-0.39, 0.29) is 18.8 Å². The molecule has 0 aromatic heterocycles. The topological polar surface area (TPSA) is 32.7 Å². The predicted molar refractivity (Wildman–Crippen MR) is 74.3 cm³/mol. The van der Waals surface area contributed by atoms with Crippen LogP contribution < -0.4 is 9.64 Å². The van der Waals surface area contributed by atoms with E-state index in [1.165, 1.54) is 12.8 Å². The highest BCUT2D eigenvalue weighted by Crippen LogP contribution is 2.33. The zero-order chi connectivity index (χ0) is 13.0. The maximum atomic E-state index is 9.51. The summed E-state index contributed by atoms with van der Waals surface area (Å²) in [7, 11) is 0. The lowest BCUT2D eigenvalue weighted by molar-refractivity contribution is 0.230. The van der Waals surface area contributed by atoms with E-state index in [1.807, 2.05) is 32.0 Å². The summed E-state index contributed by atoms with van der Waals surface area (Å²) in [6, 6.07) is 8.37. The van der Waals surface area contributed by atoms with Gasteiger partial charge in [0, 0.05) is 6.54 Å². The highest BCUT2D eigenvalue weighted by molar-refractivity contribution is 5.59. The molecule has 1 atom stereocenters. The molecular formula is C15H23NO2. The van der Waals surface area contributed by atoms with Gasteiger partial charge < -0.3 is 14.7 Å². The molecule has 18 heavy (non-hydrogen) atoms. The Hall–Kier alpha value is -1.22. The van der Waals surface area contributed by atoms with E-state index in [0.717, 1.165) is 24.4 Å². The van der Waals surface area contributed by atoms with Crippen LogP contribution in [0.1, 0.15) is 33.1 Å². The number of aliphatic hydroxyl groups is 1. The molecule has 1 aromatic rings. The van der Waals surface area contributed by atoms with Gasteiger partial charge in [0.1, 0.15) is 5.75 Å². The van der Waals surface area contributed by atoms with Gasteiger partial charge in [-0.05, 0) is 45.2 Å². The maximum absolute atomic E-state index is 9.51. The second-order valence-electron chi connectivity index (χ2n) is 5.16. The van der Waals surface area contributed by atoms with Gasteiger partial charge in [0.05, 0.1) is 24.4 Å². The molecule has 1 fully saturated rings. The molecule has 100 valence electrons. The number of rotatable bonds is 4. The van der Waals surface area contributed by atoms with Crippen LogP contribution in [0.2, 0.25) is 0 Å². The lowest BCUT2D eigenvalue weighted by atomic mass is 10.0. The largest absolute Gasteiger partial charge is 0.489 e. The zero-order valence-corrected chi connectivity index (χ0v) is 11.3. The van der Waals surface area contributed by atoms with E-state index < -0.39 is 0 Å². The summed E-state index contributed by atoms with van der Waals surface area (Å²) in [6.45, 7) is 5.30. The number of hydrogen-bond donors (Lipinski definition) is 1. The summed E-state index contributed by atoms with van der Waals surface area (Å²) in [5, 5.41) is 9.51. The third kappa shape index (κ3) is 2.96. The van der Waals surface area contributed by atoms with Crippen molar-refractivity contribution in [1.82, 2.24) is 0 Å². The molecule has 1 saturated heterocycles. The number of anilines is 1. The number of ether oxygens (including phenoxy) is 1. The Morgan fingerprint density at radius 2 is 2.11 bits per heavy atom. The maximum Gasteiger partial charge on any atom is 0.142 e. The number of para-hydroxylation sites is 2. The third-order valence-electron chi connectivity index (χ3n) is 3.38. The van der Waals surface area contributed by atoms with Crippen LogP contribution in [-0.4, -0.2) is 30.4 Å². The fraction of sp³-hybridized carbons (Fsp3) is 0.600. The van der Waals surface area contributed by atoms with Crippen LogP contribution in [0, 0.1) is 0 Å². The third-order valence-corrected chi connectivity index (χ3v) is 3.38. The van der Waals surface area contributed by atoms with E-state index >= 15 is 0 Å². The number of piperidine rings is 1. The molecule has 1 aliphatic heterocycles. The standard InChI is InChI=1S/C15H23NO2/c1-12(2)18-15-9-4-3-8-14(15)16-10-6-5-7-13(16)11-17/h3-4,8-9,12-13,17H,5-7,10-11H2,1-2H3. The number of hydrogen-bond acceptors (Lipinski definition) is 3. The molecule has 0 aliphatic carbocycles. The van der Waals surface area contributed by atoms with Crippen molar-refractivity contribution in [1.29, 1.82) is 0 Å². The lowest BCUT2D eigenvalue weighted by Gasteiger charge is -2.37. The number of nitrogens with zero attached hydrogens (tertiary/aromatic N) is 1. The fourth-order valence-electron chi connectivity index (χ4n) is 2.56. The van der Waals surface area contributed by atoms with Crippen molar-refractivity contribution in [3.05, 3.63) is 24.3 Å². The summed E-state index contributed by atoms with van der Waals surface area (Å²) in [6.07, 6.45) is 3.62. The second-order valence-corrected chi connectivity index (χ2v) is 5.16. The Kier molecular flexibility index (Phi) is 4.48. The van der Waals surface area contributed by atoms with Crippen molar-refractivity contribution in [3.8, 4) is 5.75 Å². The van der Waals surface area contributed by atoms with E-state index in [1.54, 1.807) is 0 Å². The highest BCUT2D eigenvalue weighted by Gasteiger charge is 2.24. The van der Waals surface area contributed by atoms with Gasteiger partial charge in [0.25, 0.3) is 0 Å². The highest BCUT2D eigenvalue weighted by atomic mass is 16.5. The number of benzene rings is 1. The van der Waals surface area contributed by atoms with Crippen LogP contribution >= 0.6 is 0 Å². The average molecular weight is 249 g/mol. The molecule has 0 saturated carbocycles. The van der Waals surface area contributed by atoms with Gasteiger partial charge in [-0.1, -0.05) is 12.1 Å². The molecule has 1 aliphatic rings. The second kappa shape index (κ2) is 6.10. The smallest absolute Gasteiger partial charge is 0.142 e. The van der Waals surface area contributed by atoms with Gasteiger partial charge in [-0.15, -0.1) is 0 Å². The minimum absolute atomic E-state index is 0.170. The van der Waals surface area contributed by atoms with Crippen LogP contribution in [0.5, 0.6) is 5.75 Å². The van der Waals surface area contributed by atoms with Gasteiger partial charge in [0.15, 0.2) is 0 Å². The normalized spacial score (nSPS) is 20.2. The number of aliphatic hydroxyl groups excluding tert-OH is 1. The van der Waals surface area contributed by atoms with Crippen molar-refractivity contribution < 1.29 is 9.84 Å². The van der Waals surface area contributed by atoms with E-state index in [0.29, 0.717) is 0 Å². The first-order chi connectivity index (χ1) is 8.72. The van der Waals surface area contributed by atoms with Crippen LogP contribution in [0.15, 0.2) is 24.3 Å². The summed E-state index contributed by atoms with van der Waals surface area (Å²) in [4.78, 5) is 2.29. The minimum Gasteiger partial charge on any atom is -0.489 e. The SMILES string of the molecule is CC(C)Oc1ccccc1N1CCCCC1CO. The Bertz CT molecular complexity index is 379. The quantitative estimate of drug-likeness (QED) is 0.890. The summed E-state index contributed by atoms with van der Waals surface area (Å²) >= 11 is 0. The van der Waals surface area contributed by atoms with Gasteiger partial charge in [0.2, 0.25) is 0 Å². The van der Waals surface area contributed by atoms with Gasteiger partial charge in [-0.25, -0.2) is 0 Å². The van der Waals surface area contributed by atoms with Crippen LogP contribution in [-0.2, 0) is 0 Å². The van der Waals surface area contributed by atoms with Crippen molar-refractivity contribution in [2.75, 3.05) is 18.1 Å². The van der Waals surface area contributed by atoms with Crippen LogP contribution in [0.3, 0.4) is 0 Å². The molecule has 1 N–H and O–H groups in total. The first-order valence-electron chi connectivity index (χ1n) is 6.85. The zero-order valence-electron chi connectivity index (χ0n) is 11.3. The molecule has 2 rings (SSSR count). The molecule has 1 heterocycles. The molecular weight excluding hydrogens is 226 g/mol. The van der Waals surface area contributed by atoms with Crippen LogP contribution in [0.25, 0.3) is 0 Å². The lowest BCUT2D eigenvalue weighted by Crippen LogP contribution is -2.42. The van der Waals surface area contributed by atoms with E-state index in [4.69, 9.17) is 4.74 Å². The van der Waals surface area contributed by atoms with E-state index in [9.17, 15) is 5.11 Å². The van der Waals surface area contributed by atoms with Gasteiger partial charge in [-0.3, -0.25) is 0 Å². The molecule has 0 bridgehead atoms. The monoisotopic (exact) mass is 249 g/mol. The van der Waals surface area contributed by atoms with Crippen molar-refractivity contribution in [3.63, 3.8) is 0 Å². The molecule has 1 unspecified atom stereocenters. The summed E-state index contributed by atoms with van der Waals surface area (Å²) < 4.78 is 5.87. The molecule has 0 spiro atoms. The van der Waals surface area contributed by atoms with Crippen LogP contribution in [0.4, 0.5) is 5.69 Å². The molecule has 3 heteroatoms. The fourth-order valence-corrected chi connectivity index (χ4v) is 2.56. The average Bonchev–Trinajstić information content (AvgIpc) is 2.39. The Morgan fingerprint density at radius 1 is 1.33 bits per heavy atom. The molecule has 1 aromatic carbocycles. The minimum atomic E-state index is 0.170. The molecule has 3 nitrogen and oxygen atoms in total.